The molecule has 1 aromatic heterocycles. The van der Waals surface area contributed by atoms with E-state index >= 15 is 0 Å². The molecule has 0 spiro atoms. The van der Waals surface area contributed by atoms with Gasteiger partial charge in [0.25, 0.3) is 5.91 Å². The molecule has 1 heterocycles. The van der Waals surface area contributed by atoms with E-state index in [9.17, 15) is 19.1 Å². The summed E-state index contributed by atoms with van der Waals surface area (Å²) >= 11 is 0. The van der Waals surface area contributed by atoms with E-state index in [0.29, 0.717) is 41.9 Å². The van der Waals surface area contributed by atoms with Crippen LogP contribution in [-0.2, 0) is 6.42 Å². The third kappa shape index (κ3) is 4.09. The van der Waals surface area contributed by atoms with E-state index in [4.69, 9.17) is 4.42 Å². The summed E-state index contributed by atoms with van der Waals surface area (Å²) in [4.78, 5) is 23.1. The average molecular weight is 368 g/mol. The molecule has 1 aliphatic rings. The number of hydrogen-bond acceptors (Lipinski definition) is 5. The van der Waals surface area contributed by atoms with Gasteiger partial charge in [0, 0.05) is 17.5 Å². The maximum atomic E-state index is 13.6. The van der Waals surface area contributed by atoms with Crippen molar-refractivity contribution in [2.75, 3.05) is 0 Å². The van der Waals surface area contributed by atoms with E-state index in [-0.39, 0.29) is 62.7 Å². The Bertz CT molecular complexity index is 860. The fourth-order valence-electron chi connectivity index (χ4n) is 2.80. The fourth-order valence-corrected chi connectivity index (χ4v) is 2.80. The molecule has 25 heavy (non-hydrogen) atoms. The molecule has 0 bridgehead atoms. The van der Waals surface area contributed by atoms with E-state index in [1.165, 1.54) is 18.2 Å². The first-order valence-electron chi connectivity index (χ1n) is 7.44. The molecule has 1 aromatic carbocycles. The second-order valence-electron chi connectivity index (χ2n) is 5.47. The predicted molar refractivity (Wildman–Crippen MR) is 81.1 cm³/mol. The van der Waals surface area contributed by atoms with Gasteiger partial charge in [0.2, 0.25) is 0 Å². The minimum Gasteiger partial charge on any atom is -0.542 e. The first-order chi connectivity index (χ1) is 11.5. The summed E-state index contributed by atoms with van der Waals surface area (Å²) in [6.07, 6.45) is 1.85. The normalized spacial score (nSPS) is 14.6. The zero-order valence-corrected chi connectivity index (χ0v) is 17.0. The van der Waals surface area contributed by atoms with E-state index < -0.39 is 17.7 Å². The summed E-state index contributed by atoms with van der Waals surface area (Å²) in [5.74, 6) is -2.42. The molecule has 3 rings (SSSR count). The van der Waals surface area contributed by atoms with Gasteiger partial charge in [0.1, 0.15) is 17.5 Å². The van der Waals surface area contributed by atoms with Crippen LogP contribution in [-0.4, -0.2) is 17.6 Å². The van der Waals surface area contributed by atoms with Crippen LogP contribution >= 0.6 is 0 Å². The third-order valence-corrected chi connectivity index (χ3v) is 3.92. The standard InChI is InChI=1S/C17H15FN2O4.K/c1-9-14-12(7-4-8-13(14)24-15(9)17(22)23)19-20-16(21)10-5-2-3-6-11(10)18;/h2-3,5-6H,4,7-8H2,1H3,(H,20,21)(H,22,23);/q;+1/p-1/b19-12+;. The van der Waals surface area contributed by atoms with Gasteiger partial charge in [-0.1, -0.05) is 12.1 Å². The molecule has 2 aromatic rings. The van der Waals surface area contributed by atoms with Crippen molar-refractivity contribution >= 4 is 17.6 Å². The summed E-state index contributed by atoms with van der Waals surface area (Å²) in [6, 6.07) is 5.58. The zero-order valence-electron chi connectivity index (χ0n) is 13.9. The minimum atomic E-state index is -1.39. The number of carbonyl (C=O) groups excluding carboxylic acids is 2. The Balaban J connectivity index is 0.00000225. The molecule has 0 aliphatic heterocycles. The molecule has 124 valence electrons. The molecule has 0 atom stereocenters. The van der Waals surface area contributed by atoms with Crippen LogP contribution in [0.3, 0.4) is 0 Å². The van der Waals surface area contributed by atoms with Crippen LogP contribution in [0.1, 0.15) is 50.6 Å². The minimum absolute atomic E-state index is 0. The van der Waals surface area contributed by atoms with E-state index in [1.54, 1.807) is 13.0 Å². The first kappa shape index (κ1) is 20.0. The van der Waals surface area contributed by atoms with Gasteiger partial charge in [-0.05, 0) is 31.9 Å². The van der Waals surface area contributed by atoms with Crippen LogP contribution in [0, 0.1) is 12.7 Å². The predicted octanol–water partition coefficient (Wildman–Crippen LogP) is -1.43. The molecular formula is C17H14FKN2O4. The number of nitrogens with one attached hydrogen (secondary N) is 1. The number of carbonyl (C=O) groups is 2. The quantitative estimate of drug-likeness (QED) is 0.531. The number of nitrogens with zero attached hydrogens (tertiary/aromatic N) is 1. The number of hydrogen-bond donors (Lipinski definition) is 1. The Labute approximate surface area is 185 Å². The number of aryl methyl sites for hydroxylation is 1. The second kappa shape index (κ2) is 8.37. The fraction of sp³-hybridized carbons (Fsp3) is 0.235. The Morgan fingerprint density at radius 3 is 2.68 bits per heavy atom. The topological polar surface area (TPSA) is 94.7 Å². The number of furan rings is 1. The third-order valence-electron chi connectivity index (χ3n) is 3.92. The summed E-state index contributed by atoms with van der Waals surface area (Å²) in [5.41, 5.74) is 3.71. The largest absolute Gasteiger partial charge is 1.00 e. The number of amides is 1. The second-order valence-corrected chi connectivity index (χ2v) is 5.47. The SMILES string of the molecule is Cc1c(C(=O)[O-])oc2c1/C(=N/NC(=O)c1ccccc1F)CCC2.[K+]. The molecular weight excluding hydrogens is 354 g/mol. The molecule has 0 saturated heterocycles. The monoisotopic (exact) mass is 368 g/mol. The van der Waals surface area contributed by atoms with Gasteiger partial charge in [-0.15, -0.1) is 0 Å². The summed E-state index contributed by atoms with van der Waals surface area (Å²) in [5, 5.41) is 15.1. The Hall–Kier alpha value is -1.32. The van der Waals surface area contributed by atoms with Gasteiger partial charge < -0.3 is 14.3 Å². The Morgan fingerprint density at radius 2 is 2.00 bits per heavy atom. The van der Waals surface area contributed by atoms with Crippen LogP contribution < -0.4 is 61.9 Å². The average Bonchev–Trinajstić information content (AvgIpc) is 2.91. The Morgan fingerprint density at radius 1 is 1.28 bits per heavy atom. The first-order valence-corrected chi connectivity index (χ1v) is 7.44. The van der Waals surface area contributed by atoms with Gasteiger partial charge in [0.15, 0.2) is 5.76 Å². The maximum absolute atomic E-state index is 13.6. The van der Waals surface area contributed by atoms with Crippen LogP contribution in [0.5, 0.6) is 0 Å². The summed E-state index contributed by atoms with van der Waals surface area (Å²) < 4.78 is 18.9. The van der Waals surface area contributed by atoms with Gasteiger partial charge in [-0.2, -0.15) is 5.10 Å². The molecule has 1 amide bonds. The van der Waals surface area contributed by atoms with E-state index in [0.717, 1.165) is 0 Å². The van der Waals surface area contributed by atoms with Crippen molar-refractivity contribution in [3.05, 3.63) is 58.3 Å². The van der Waals surface area contributed by atoms with Crippen LogP contribution in [0.15, 0.2) is 33.8 Å². The molecule has 0 fully saturated rings. The molecule has 8 heteroatoms. The number of carboxylic acid groups (broad SMARTS) is 1. The number of fused-ring (bicyclic) bond motifs is 1. The zero-order chi connectivity index (χ0) is 17.3. The van der Waals surface area contributed by atoms with Crippen molar-refractivity contribution < 1.29 is 74.9 Å². The summed E-state index contributed by atoms with van der Waals surface area (Å²) in [7, 11) is 0. The summed E-state index contributed by atoms with van der Waals surface area (Å²) in [6.45, 7) is 1.60. The smallest absolute Gasteiger partial charge is 0.542 e. The van der Waals surface area contributed by atoms with Crippen molar-refractivity contribution in [1.29, 1.82) is 0 Å². The molecule has 1 N–H and O–H groups in total. The number of hydrazone groups is 1. The number of benzene rings is 1. The number of halogens is 1. The van der Waals surface area contributed by atoms with Crippen LogP contribution in [0.4, 0.5) is 4.39 Å². The number of rotatable bonds is 3. The number of aromatic carboxylic acids is 1. The van der Waals surface area contributed by atoms with Crippen molar-refractivity contribution in [2.24, 2.45) is 5.10 Å². The molecule has 0 radical (unpaired) electrons. The van der Waals surface area contributed by atoms with Gasteiger partial charge in [-0.25, -0.2) is 9.82 Å². The van der Waals surface area contributed by atoms with E-state index in [1.807, 2.05) is 0 Å². The Kier molecular flexibility index (Phi) is 6.69. The van der Waals surface area contributed by atoms with Crippen molar-refractivity contribution in [3.63, 3.8) is 0 Å². The molecule has 1 aliphatic carbocycles. The van der Waals surface area contributed by atoms with E-state index in [2.05, 4.69) is 10.5 Å². The van der Waals surface area contributed by atoms with Gasteiger partial charge in [-0.3, -0.25) is 4.79 Å². The molecule has 6 nitrogen and oxygen atoms in total. The maximum Gasteiger partial charge on any atom is 1.00 e. The van der Waals surface area contributed by atoms with Gasteiger partial charge >= 0.3 is 51.4 Å². The van der Waals surface area contributed by atoms with Crippen molar-refractivity contribution in [2.45, 2.75) is 26.2 Å². The van der Waals surface area contributed by atoms with Crippen LogP contribution in [0.2, 0.25) is 0 Å². The van der Waals surface area contributed by atoms with Gasteiger partial charge in [0.05, 0.1) is 11.3 Å². The molecule has 0 unspecified atom stereocenters. The van der Waals surface area contributed by atoms with Crippen LogP contribution in [0.25, 0.3) is 0 Å². The number of carboxylic acids is 1. The van der Waals surface area contributed by atoms with Crippen molar-refractivity contribution in [1.82, 2.24) is 5.43 Å². The molecule has 0 saturated carbocycles. The van der Waals surface area contributed by atoms with Crippen molar-refractivity contribution in [3.8, 4) is 0 Å².